The highest BCUT2D eigenvalue weighted by Gasteiger charge is 2.36. The number of rotatable bonds is 6. The molecule has 0 bridgehead atoms. The smallest absolute Gasteiger partial charge is 0.383 e. The molecule has 0 spiro atoms. The van der Waals surface area contributed by atoms with Gasteiger partial charge in [0.05, 0.1) is 6.61 Å². The summed E-state index contributed by atoms with van der Waals surface area (Å²) in [6.07, 6.45) is -2.52. The van der Waals surface area contributed by atoms with E-state index in [2.05, 4.69) is 4.98 Å². The number of nitrogens with zero attached hydrogens (tertiary/aromatic N) is 2. The molecule has 1 aliphatic carbocycles. The third-order valence-corrected chi connectivity index (χ3v) is 3.26. The molecule has 0 amide bonds. The van der Waals surface area contributed by atoms with Crippen LogP contribution in [-0.4, -0.2) is 31.3 Å². The molecule has 0 atom stereocenters. The first-order valence-corrected chi connectivity index (χ1v) is 6.50. The van der Waals surface area contributed by atoms with Gasteiger partial charge in [-0.05, 0) is 18.9 Å². The highest BCUT2D eigenvalue weighted by Crippen LogP contribution is 2.35. The lowest BCUT2D eigenvalue weighted by Gasteiger charge is -2.26. The van der Waals surface area contributed by atoms with E-state index >= 15 is 0 Å². The van der Waals surface area contributed by atoms with E-state index < -0.39 is 11.9 Å². The molecule has 0 saturated heterocycles. The average Bonchev–Trinajstić information content (AvgIpc) is 3.22. The van der Waals surface area contributed by atoms with Gasteiger partial charge >= 0.3 is 6.18 Å². The van der Waals surface area contributed by atoms with E-state index in [9.17, 15) is 13.2 Å². The molecular weight excluding hydrogens is 271 g/mol. The van der Waals surface area contributed by atoms with Crippen LogP contribution in [0.1, 0.15) is 24.1 Å². The number of halogens is 3. The van der Waals surface area contributed by atoms with Gasteiger partial charge in [-0.15, -0.1) is 0 Å². The highest BCUT2D eigenvalue weighted by atomic mass is 19.4. The van der Waals surface area contributed by atoms with Crippen molar-refractivity contribution in [1.29, 1.82) is 0 Å². The molecule has 1 saturated carbocycles. The summed E-state index contributed by atoms with van der Waals surface area (Å²) in [4.78, 5) is 5.67. The number of pyridine rings is 1. The third-order valence-electron chi connectivity index (χ3n) is 3.26. The van der Waals surface area contributed by atoms with Crippen LogP contribution in [-0.2, 0) is 17.5 Å². The summed E-state index contributed by atoms with van der Waals surface area (Å²) in [7, 11) is 1.56. The zero-order valence-corrected chi connectivity index (χ0v) is 11.3. The fourth-order valence-electron chi connectivity index (χ4n) is 2.08. The van der Waals surface area contributed by atoms with Crippen LogP contribution in [0.4, 0.5) is 19.0 Å². The predicted octanol–water partition coefficient (Wildman–Crippen LogP) is 2.17. The lowest BCUT2D eigenvalue weighted by atomic mass is 10.2. The molecule has 2 rings (SSSR count). The molecule has 7 heteroatoms. The fraction of sp³-hybridized carbons (Fsp3) is 0.615. The fourth-order valence-corrected chi connectivity index (χ4v) is 2.08. The first kappa shape index (κ1) is 15.1. The SMILES string of the molecule is COCCN(c1nc(C(F)(F)F)ccc1CN)C1CC1. The lowest BCUT2D eigenvalue weighted by Crippen LogP contribution is -2.32. The molecule has 1 aliphatic rings. The number of hydrogen-bond donors (Lipinski definition) is 1. The van der Waals surface area contributed by atoms with Gasteiger partial charge in [0.25, 0.3) is 0 Å². The monoisotopic (exact) mass is 289 g/mol. The van der Waals surface area contributed by atoms with Crippen LogP contribution in [0.25, 0.3) is 0 Å². The Hall–Kier alpha value is -1.34. The summed E-state index contributed by atoms with van der Waals surface area (Å²) >= 11 is 0. The zero-order valence-electron chi connectivity index (χ0n) is 11.3. The maximum atomic E-state index is 12.8. The van der Waals surface area contributed by atoms with Crippen molar-refractivity contribution in [3.8, 4) is 0 Å². The van der Waals surface area contributed by atoms with Gasteiger partial charge < -0.3 is 15.4 Å². The van der Waals surface area contributed by atoms with Gasteiger partial charge in [0, 0.05) is 31.8 Å². The standard InChI is InChI=1S/C13H18F3N3O/c1-20-7-6-19(10-3-4-10)12-9(8-17)2-5-11(18-12)13(14,15)16/h2,5,10H,3-4,6-8,17H2,1H3. The summed E-state index contributed by atoms with van der Waals surface area (Å²) in [6.45, 7) is 1.12. The van der Waals surface area contributed by atoms with Crippen molar-refractivity contribution in [2.75, 3.05) is 25.2 Å². The van der Waals surface area contributed by atoms with Gasteiger partial charge in [-0.2, -0.15) is 13.2 Å². The molecule has 112 valence electrons. The number of aromatic nitrogens is 1. The number of anilines is 1. The van der Waals surface area contributed by atoms with Crippen molar-refractivity contribution in [1.82, 2.24) is 4.98 Å². The maximum Gasteiger partial charge on any atom is 0.433 e. The maximum absolute atomic E-state index is 12.8. The van der Waals surface area contributed by atoms with Gasteiger partial charge in [-0.3, -0.25) is 0 Å². The third kappa shape index (κ3) is 3.40. The first-order valence-electron chi connectivity index (χ1n) is 6.50. The van der Waals surface area contributed by atoms with Crippen molar-refractivity contribution in [2.45, 2.75) is 31.6 Å². The van der Waals surface area contributed by atoms with Crippen LogP contribution >= 0.6 is 0 Å². The first-order chi connectivity index (χ1) is 9.47. The molecule has 2 N–H and O–H groups in total. The molecule has 20 heavy (non-hydrogen) atoms. The van der Waals surface area contributed by atoms with Crippen LogP contribution in [0.15, 0.2) is 12.1 Å². The Balaban J connectivity index is 2.34. The topological polar surface area (TPSA) is 51.4 Å². The lowest BCUT2D eigenvalue weighted by molar-refractivity contribution is -0.141. The Morgan fingerprint density at radius 2 is 2.10 bits per heavy atom. The summed E-state index contributed by atoms with van der Waals surface area (Å²) < 4.78 is 43.4. The van der Waals surface area contributed by atoms with Gasteiger partial charge in [0.2, 0.25) is 0 Å². The van der Waals surface area contributed by atoms with Crippen molar-refractivity contribution in [3.05, 3.63) is 23.4 Å². The van der Waals surface area contributed by atoms with Crippen molar-refractivity contribution >= 4 is 5.82 Å². The van der Waals surface area contributed by atoms with E-state index in [0.717, 1.165) is 18.9 Å². The van der Waals surface area contributed by atoms with Gasteiger partial charge in [-0.25, -0.2) is 4.98 Å². The Morgan fingerprint density at radius 3 is 2.60 bits per heavy atom. The van der Waals surface area contributed by atoms with E-state index in [0.29, 0.717) is 24.5 Å². The summed E-state index contributed by atoms with van der Waals surface area (Å²) in [5.74, 6) is 0.335. The van der Waals surface area contributed by atoms with Gasteiger partial charge in [-0.1, -0.05) is 6.07 Å². The highest BCUT2D eigenvalue weighted by molar-refractivity contribution is 5.50. The van der Waals surface area contributed by atoms with Gasteiger partial charge in [0.1, 0.15) is 11.5 Å². The Bertz CT molecular complexity index is 461. The zero-order chi connectivity index (χ0) is 14.8. The molecule has 1 aromatic rings. The van der Waals surface area contributed by atoms with Crippen LogP contribution in [0.5, 0.6) is 0 Å². The second-order valence-electron chi connectivity index (χ2n) is 4.80. The summed E-state index contributed by atoms with van der Waals surface area (Å²) in [6, 6.07) is 2.63. The number of methoxy groups -OCH3 is 1. The summed E-state index contributed by atoms with van der Waals surface area (Å²) in [5.41, 5.74) is 5.36. The van der Waals surface area contributed by atoms with Crippen LogP contribution in [0, 0.1) is 0 Å². The second kappa shape index (κ2) is 5.97. The van der Waals surface area contributed by atoms with Crippen molar-refractivity contribution < 1.29 is 17.9 Å². The van der Waals surface area contributed by atoms with Crippen molar-refractivity contribution in [2.24, 2.45) is 5.73 Å². The second-order valence-corrected chi connectivity index (χ2v) is 4.80. The molecule has 1 fully saturated rings. The van der Waals surface area contributed by atoms with E-state index in [-0.39, 0.29) is 12.6 Å². The Kier molecular flexibility index (Phi) is 4.49. The van der Waals surface area contributed by atoms with E-state index in [4.69, 9.17) is 10.5 Å². The number of nitrogens with two attached hydrogens (primary N) is 1. The largest absolute Gasteiger partial charge is 0.433 e. The molecular formula is C13H18F3N3O. The molecule has 1 heterocycles. The summed E-state index contributed by atoms with van der Waals surface area (Å²) in [5, 5.41) is 0. The number of hydrogen-bond acceptors (Lipinski definition) is 4. The van der Waals surface area contributed by atoms with E-state index in [1.807, 2.05) is 4.90 Å². The number of ether oxygens (including phenoxy) is 1. The van der Waals surface area contributed by atoms with E-state index in [1.165, 1.54) is 6.07 Å². The van der Waals surface area contributed by atoms with E-state index in [1.54, 1.807) is 7.11 Å². The molecule has 1 aromatic heterocycles. The minimum absolute atomic E-state index is 0.163. The van der Waals surface area contributed by atoms with Crippen LogP contribution in [0.2, 0.25) is 0 Å². The van der Waals surface area contributed by atoms with Gasteiger partial charge in [0.15, 0.2) is 0 Å². The molecule has 0 unspecified atom stereocenters. The average molecular weight is 289 g/mol. The van der Waals surface area contributed by atoms with Crippen LogP contribution in [0.3, 0.4) is 0 Å². The molecule has 0 radical (unpaired) electrons. The quantitative estimate of drug-likeness (QED) is 0.872. The number of alkyl halides is 3. The Morgan fingerprint density at radius 1 is 1.40 bits per heavy atom. The molecule has 0 aromatic carbocycles. The predicted molar refractivity (Wildman–Crippen MR) is 69.4 cm³/mol. The molecule has 0 aliphatic heterocycles. The Labute approximate surface area is 115 Å². The van der Waals surface area contributed by atoms with Crippen LogP contribution < -0.4 is 10.6 Å². The molecule has 4 nitrogen and oxygen atoms in total. The normalized spacial score (nSPS) is 15.4. The minimum atomic E-state index is -4.45. The van der Waals surface area contributed by atoms with Crippen molar-refractivity contribution in [3.63, 3.8) is 0 Å². The minimum Gasteiger partial charge on any atom is -0.383 e.